The lowest BCUT2D eigenvalue weighted by molar-refractivity contribution is 0.0995. The van der Waals surface area contributed by atoms with E-state index >= 15 is 0 Å². The molecule has 0 bridgehead atoms. The molecule has 0 fully saturated rings. The van der Waals surface area contributed by atoms with E-state index in [1.165, 1.54) is 0 Å². The summed E-state index contributed by atoms with van der Waals surface area (Å²) < 4.78 is 10.0. The number of aryl methyl sites for hydroxylation is 1. The molecule has 1 heterocycles. The lowest BCUT2D eigenvalue weighted by atomic mass is 10.1. The van der Waals surface area contributed by atoms with Crippen molar-refractivity contribution in [1.82, 2.24) is 9.59 Å². The zero-order valence-corrected chi connectivity index (χ0v) is 13.0. The third-order valence-corrected chi connectivity index (χ3v) is 4.04. The van der Waals surface area contributed by atoms with Crippen molar-refractivity contribution in [3.05, 3.63) is 38.8 Å². The quantitative estimate of drug-likeness (QED) is 0.783. The van der Waals surface area contributed by atoms with Gasteiger partial charge >= 0.3 is 0 Å². The monoisotopic (exact) mass is 340 g/mol. The summed E-state index contributed by atoms with van der Waals surface area (Å²) in [4.78, 5) is 12.9. The van der Waals surface area contributed by atoms with Gasteiger partial charge in [-0.15, -0.1) is 5.10 Å². The molecule has 0 radical (unpaired) electrons. The molecule has 0 saturated heterocycles. The van der Waals surface area contributed by atoms with Crippen LogP contribution in [0.25, 0.3) is 0 Å². The number of aromatic nitrogens is 2. The minimum Gasteiger partial charge on any atom is -0.496 e. The SMILES string of the molecule is CCc1nnsc1C(=O)Cc1cc(Br)ccc1OC. The van der Waals surface area contributed by atoms with Crippen molar-refractivity contribution in [2.75, 3.05) is 7.11 Å². The van der Waals surface area contributed by atoms with E-state index in [4.69, 9.17) is 4.74 Å². The number of hydrogen-bond donors (Lipinski definition) is 0. The first-order chi connectivity index (χ1) is 9.15. The van der Waals surface area contributed by atoms with Crippen LogP contribution in [0.5, 0.6) is 5.75 Å². The highest BCUT2D eigenvalue weighted by Crippen LogP contribution is 2.25. The van der Waals surface area contributed by atoms with Gasteiger partial charge in [0, 0.05) is 16.5 Å². The Kier molecular flexibility index (Phi) is 4.66. The van der Waals surface area contributed by atoms with E-state index in [9.17, 15) is 4.79 Å². The maximum Gasteiger partial charge on any atom is 0.180 e. The molecule has 2 rings (SSSR count). The van der Waals surface area contributed by atoms with Crippen LogP contribution in [0.15, 0.2) is 22.7 Å². The predicted molar refractivity (Wildman–Crippen MR) is 78.0 cm³/mol. The second kappa shape index (κ2) is 6.25. The molecule has 0 unspecified atom stereocenters. The van der Waals surface area contributed by atoms with Gasteiger partial charge in [-0.1, -0.05) is 27.3 Å². The van der Waals surface area contributed by atoms with Gasteiger partial charge in [-0.25, -0.2) is 0 Å². The van der Waals surface area contributed by atoms with Crippen LogP contribution < -0.4 is 4.74 Å². The zero-order valence-electron chi connectivity index (χ0n) is 10.6. The van der Waals surface area contributed by atoms with Gasteiger partial charge in [0.25, 0.3) is 0 Å². The standard InChI is InChI=1S/C13H13BrN2O2S/c1-3-10-13(19-16-15-10)11(17)7-8-6-9(14)4-5-12(8)18-2/h4-6H,3,7H2,1-2H3. The van der Waals surface area contributed by atoms with Crippen LogP contribution in [0.4, 0.5) is 0 Å². The number of halogens is 1. The second-order valence-electron chi connectivity index (χ2n) is 3.96. The largest absolute Gasteiger partial charge is 0.496 e. The van der Waals surface area contributed by atoms with Crippen molar-refractivity contribution in [3.8, 4) is 5.75 Å². The number of benzene rings is 1. The summed E-state index contributed by atoms with van der Waals surface area (Å²) in [6.07, 6.45) is 1.01. The molecule has 0 spiro atoms. The van der Waals surface area contributed by atoms with Gasteiger partial charge in [0.05, 0.1) is 12.8 Å². The Morgan fingerprint density at radius 2 is 2.26 bits per heavy atom. The fourth-order valence-corrected chi connectivity index (χ4v) is 2.88. The summed E-state index contributed by atoms with van der Waals surface area (Å²) in [6, 6.07) is 5.63. The van der Waals surface area contributed by atoms with Gasteiger partial charge in [0.15, 0.2) is 5.78 Å². The van der Waals surface area contributed by atoms with Gasteiger partial charge in [0.2, 0.25) is 0 Å². The molecule has 100 valence electrons. The fraction of sp³-hybridized carbons (Fsp3) is 0.308. The summed E-state index contributed by atoms with van der Waals surface area (Å²) in [5.74, 6) is 0.746. The number of carbonyl (C=O) groups excluding carboxylic acids is 1. The van der Waals surface area contributed by atoms with Crippen LogP contribution in [-0.2, 0) is 12.8 Å². The number of Topliss-reactive ketones (excluding diaryl/α,β-unsaturated/α-hetero) is 1. The molecule has 0 aliphatic heterocycles. The number of rotatable bonds is 5. The topological polar surface area (TPSA) is 52.1 Å². The number of ketones is 1. The van der Waals surface area contributed by atoms with Crippen LogP contribution in [0.2, 0.25) is 0 Å². The van der Waals surface area contributed by atoms with Crippen molar-refractivity contribution in [3.63, 3.8) is 0 Å². The summed E-state index contributed by atoms with van der Waals surface area (Å²) >= 11 is 4.56. The van der Waals surface area contributed by atoms with E-state index in [2.05, 4.69) is 25.5 Å². The van der Waals surface area contributed by atoms with Crippen LogP contribution >= 0.6 is 27.5 Å². The number of ether oxygens (including phenoxy) is 1. The lowest BCUT2D eigenvalue weighted by Gasteiger charge is -2.08. The average molecular weight is 341 g/mol. The van der Waals surface area contributed by atoms with E-state index in [0.717, 1.165) is 27.3 Å². The normalized spacial score (nSPS) is 10.5. The number of hydrogen-bond acceptors (Lipinski definition) is 5. The molecule has 19 heavy (non-hydrogen) atoms. The van der Waals surface area contributed by atoms with Crippen molar-refractivity contribution >= 4 is 33.2 Å². The van der Waals surface area contributed by atoms with Gasteiger partial charge in [0.1, 0.15) is 10.6 Å². The van der Waals surface area contributed by atoms with Crippen LogP contribution in [0.1, 0.15) is 27.9 Å². The van der Waals surface area contributed by atoms with Crippen molar-refractivity contribution in [2.24, 2.45) is 0 Å². The van der Waals surface area contributed by atoms with Crippen molar-refractivity contribution < 1.29 is 9.53 Å². The highest BCUT2D eigenvalue weighted by molar-refractivity contribution is 9.10. The Hall–Kier alpha value is -1.27. The van der Waals surface area contributed by atoms with Gasteiger partial charge in [-0.3, -0.25) is 4.79 Å². The van der Waals surface area contributed by atoms with E-state index in [1.807, 2.05) is 25.1 Å². The molecule has 1 aromatic heterocycles. The molecule has 2 aromatic rings. The Balaban J connectivity index is 2.26. The maximum atomic E-state index is 12.3. The summed E-state index contributed by atoms with van der Waals surface area (Å²) in [5, 5.41) is 3.96. The minimum absolute atomic E-state index is 0.0308. The highest BCUT2D eigenvalue weighted by Gasteiger charge is 2.17. The Labute approximate surface area is 124 Å². The molecular weight excluding hydrogens is 328 g/mol. The van der Waals surface area contributed by atoms with Crippen LogP contribution in [-0.4, -0.2) is 22.5 Å². The smallest absolute Gasteiger partial charge is 0.180 e. The molecule has 0 aliphatic rings. The van der Waals surface area contributed by atoms with Crippen molar-refractivity contribution in [1.29, 1.82) is 0 Å². The van der Waals surface area contributed by atoms with Gasteiger partial charge in [-0.2, -0.15) is 0 Å². The average Bonchev–Trinajstić information content (AvgIpc) is 2.87. The Bertz CT molecular complexity index is 598. The zero-order chi connectivity index (χ0) is 13.8. The third-order valence-electron chi connectivity index (χ3n) is 2.74. The lowest BCUT2D eigenvalue weighted by Crippen LogP contribution is -2.06. The van der Waals surface area contributed by atoms with Crippen LogP contribution in [0.3, 0.4) is 0 Å². The third kappa shape index (κ3) is 3.19. The molecule has 0 N–H and O–H groups in total. The van der Waals surface area contributed by atoms with E-state index in [0.29, 0.717) is 23.5 Å². The van der Waals surface area contributed by atoms with E-state index < -0.39 is 0 Å². The summed E-state index contributed by atoms with van der Waals surface area (Å²) in [7, 11) is 1.60. The fourth-order valence-electron chi connectivity index (χ4n) is 1.79. The van der Waals surface area contributed by atoms with E-state index in [-0.39, 0.29) is 5.78 Å². The van der Waals surface area contributed by atoms with Gasteiger partial charge < -0.3 is 4.74 Å². The summed E-state index contributed by atoms with van der Waals surface area (Å²) in [6.45, 7) is 1.97. The minimum atomic E-state index is 0.0308. The molecular formula is C13H13BrN2O2S. The first kappa shape index (κ1) is 14.1. The number of nitrogens with zero attached hydrogens (tertiary/aromatic N) is 2. The molecule has 0 aliphatic carbocycles. The predicted octanol–water partition coefficient (Wildman–Crippen LogP) is 3.30. The molecule has 4 nitrogen and oxygen atoms in total. The first-order valence-corrected chi connectivity index (χ1v) is 7.39. The number of methoxy groups -OCH3 is 1. The maximum absolute atomic E-state index is 12.3. The Morgan fingerprint density at radius 3 is 2.95 bits per heavy atom. The summed E-state index contributed by atoms with van der Waals surface area (Å²) in [5.41, 5.74) is 1.63. The first-order valence-electron chi connectivity index (χ1n) is 5.82. The second-order valence-corrected chi connectivity index (χ2v) is 5.63. The van der Waals surface area contributed by atoms with Gasteiger partial charge in [-0.05, 0) is 36.2 Å². The molecule has 6 heteroatoms. The van der Waals surface area contributed by atoms with Crippen molar-refractivity contribution in [2.45, 2.75) is 19.8 Å². The van der Waals surface area contributed by atoms with E-state index in [1.54, 1.807) is 7.11 Å². The van der Waals surface area contributed by atoms with Crippen LogP contribution in [0, 0.1) is 0 Å². The molecule has 1 aromatic carbocycles. The molecule has 0 saturated carbocycles. The Morgan fingerprint density at radius 1 is 1.47 bits per heavy atom. The molecule has 0 amide bonds. The highest BCUT2D eigenvalue weighted by atomic mass is 79.9. The molecule has 0 atom stereocenters. The number of carbonyl (C=O) groups is 1.